The number of nitrogens with one attached hydrogen (secondary N) is 5. The summed E-state index contributed by atoms with van der Waals surface area (Å²) >= 11 is 0. The number of H-pyrrole nitrogens is 1. The van der Waals surface area contributed by atoms with E-state index in [4.69, 9.17) is 0 Å². The number of hydrogen-bond donors (Lipinski definition) is 5. The van der Waals surface area contributed by atoms with Crippen LogP contribution < -0.4 is 21.3 Å². The second-order valence-electron chi connectivity index (χ2n) is 11.9. The van der Waals surface area contributed by atoms with Gasteiger partial charge in [-0.1, -0.05) is 48.5 Å². The van der Waals surface area contributed by atoms with E-state index in [0.717, 1.165) is 22.0 Å². The second kappa shape index (κ2) is 15.3. The zero-order valence-corrected chi connectivity index (χ0v) is 27.1. The van der Waals surface area contributed by atoms with Crippen LogP contribution in [0.15, 0.2) is 60.8 Å². The number of aromatic nitrogens is 5. The van der Waals surface area contributed by atoms with Gasteiger partial charge in [-0.05, 0) is 48.4 Å². The van der Waals surface area contributed by atoms with Crippen molar-refractivity contribution in [2.75, 3.05) is 13.1 Å². The van der Waals surface area contributed by atoms with Crippen molar-refractivity contribution >= 4 is 40.4 Å². The van der Waals surface area contributed by atoms with Crippen LogP contribution in [0.3, 0.4) is 0 Å². The van der Waals surface area contributed by atoms with Crippen molar-refractivity contribution in [1.29, 1.82) is 0 Å². The summed E-state index contributed by atoms with van der Waals surface area (Å²) in [6, 6.07) is 12.7. The number of carbonyl (C=O) groups excluding carboxylic acids is 5. The van der Waals surface area contributed by atoms with Gasteiger partial charge < -0.3 is 31.2 Å². The maximum Gasteiger partial charge on any atom is 0.243 e. The molecule has 5 N–H and O–H groups in total. The minimum Gasteiger partial charge on any atom is -0.361 e. The average Bonchev–Trinajstić information content (AvgIpc) is 3.69. The molecular formula is C33H40N10O5. The standard InChI is InChI=1S/C33H40N10O5/c1-20-30(45)37-27(17-23-9-5-4-6-10-23)32(47)34-14-16-42(29(44)13-15-43-22(3)39-40-41-43)21(2)31(46)38-28(33(48)36-20)18-24-19-35-26-12-8-7-11-25(24)26/h4-12,19-21,27-28,35H,13-18H2,1-3H3,(H,34,47)(H,36,48)(H,37,45)(H,38,46)/t20-,21+,27-,28+/m0/s1. The van der Waals surface area contributed by atoms with Crippen LogP contribution in [0.5, 0.6) is 0 Å². The second-order valence-corrected chi connectivity index (χ2v) is 11.9. The van der Waals surface area contributed by atoms with Gasteiger partial charge in [0.15, 0.2) is 0 Å². The molecule has 4 atom stereocenters. The smallest absolute Gasteiger partial charge is 0.243 e. The third-order valence-electron chi connectivity index (χ3n) is 8.47. The highest BCUT2D eigenvalue weighted by Crippen LogP contribution is 2.19. The van der Waals surface area contributed by atoms with E-state index in [2.05, 4.69) is 41.8 Å². The SMILES string of the molecule is Cc1nnnn1CCC(=O)N1CCNC(=O)[C@H](Cc2ccccc2)NC(=O)[C@H](C)NC(=O)[C@@H](Cc2c[nH]c3ccccc23)NC(=O)[C@H]1C. The van der Waals surface area contributed by atoms with Gasteiger partial charge in [0.2, 0.25) is 29.5 Å². The highest BCUT2D eigenvalue weighted by atomic mass is 16.2. The van der Waals surface area contributed by atoms with Gasteiger partial charge in [-0.15, -0.1) is 5.10 Å². The van der Waals surface area contributed by atoms with Crippen molar-refractivity contribution in [1.82, 2.24) is 51.4 Å². The molecule has 2 aromatic carbocycles. The third kappa shape index (κ3) is 8.21. The molecule has 0 unspecified atom stereocenters. The van der Waals surface area contributed by atoms with Gasteiger partial charge in [0.05, 0.1) is 6.54 Å². The average molecular weight is 657 g/mol. The Morgan fingerprint density at radius 3 is 2.31 bits per heavy atom. The Morgan fingerprint density at radius 1 is 0.854 bits per heavy atom. The molecule has 1 fully saturated rings. The van der Waals surface area contributed by atoms with E-state index in [-0.39, 0.29) is 44.8 Å². The highest BCUT2D eigenvalue weighted by molar-refractivity contribution is 5.96. The number of hydrogen-bond acceptors (Lipinski definition) is 8. The molecule has 48 heavy (non-hydrogen) atoms. The third-order valence-corrected chi connectivity index (χ3v) is 8.47. The first-order chi connectivity index (χ1) is 23.1. The monoisotopic (exact) mass is 656 g/mol. The lowest BCUT2D eigenvalue weighted by Gasteiger charge is -2.30. The van der Waals surface area contributed by atoms with Gasteiger partial charge >= 0.3 is 0 Å². The summed E-state index contributed by atoms with van der Waals surface area (Å²) in [5, 5.41) is 23.3. The van der Waals surface area contributed by atoms with E-state index < -0.39 is 47.8 Å². The molecule has 252 valence electrons. The van der Waals surface area contributed by atoms with Crippen molar-refractivity contribution in [3.8, 4) is 0 Å². The molecule has 5 amide bonds. The number of carbonyl (C=O) groups is 5. The lowest BCUT2D eigenvalue weighted by atomic mass is 10.0. The van der Waals surface area contributed by atoms with Crippen LogP contribution in [-0.2, 0) is 43.4 Å². The first-order valence-corrected chi connectivity index (χ1v) is 15.9. The fraction of sp³-hybridized carbons (Fsp3) is 0.394. The van der Waals surface area contributed by atoms with Crippen molar-refractivity contribution in [3.63, 3.8) is 0 Å². The summed E-state index contributed by atoms with van der Waals surface area (Å²) in [5.41, 5.74) is 2.48. The van der Waals surface area contributed by atoms with Crippen molar-refractivity contribution in [3.05, 3.63) is 77.7 Å². The Labute approximate surface area is 277 Å². The van der Waals surface area contributed by atoms with Crippen molar-refractivity contribution in [2.45, 2.75) is 70.7 Å². The molecule has 1 saturated heterocycles. The Morgan fingerprint density at radius 2 is 1.56 bits per heavy atom. The van der Waals surface area contributed by atoms with Crippen LogP contribution in [0.2, 0.25) is 0 Å². The lowest BCUT2D eigenvalue weighted by molar-refractivity contribution is -0.141. The number of amides is 5. The molecule has 5 rings (SSSR count). The van der Waals surface area contributed by atoms with E-state index in [1.807, 2.05) is 54.6 Å². The molecule has 0 aliphatic carbocycles. The van der Waals surface area contributed by atoms with Crippen LogP contribution in [0.25, 0.3) is 10.9 Å². The van der Waals surface area contributed by atoms with E-state index in [1.165, 1.54) is 16.5 Å². The number of nitrogens with zero attached hydrogens (tertiary/aromatic N) is 5. The molecule has 3 heterocycles. The van der Waals surface area contributed by atoms with Gasteiger partial charge in [0, 0.05) is 49.5 Å². The number of tetrazole rings is 1. The van der Waals surface area contributed by atoms with Gasteiger partial charge in [0.25, 0.3) is 0 Å². The molecule has 4 aromatic rings. The number of para-hydroxylation sites is 1. The van der Waals surface area contributed by atoms with E-state index in [9.17, 15) is 24.0 Å². The molecule has 15 nitrogen and oxygen atoms in total. The molecule has 2 aromatic heterocycles. The zero-order valence-electron chi connectivity index (χ0n) is 27.1. The van der Waals surface area contributed by atoms with Gasteiger partial charge in [0.1, 0.15) is 30.0 Å². The molecule has 1 aliphatic heterocycles. The number of rotatable bonds is 7. The molecule has 15 heteroatoms. The van der Waals surface area contributed by atoms with Crippen LogP contribution >= 0.6 is 0 Å². The summed E-state index contributed by atoms with van der Waals surface area (Å²) < 4.78 is 1.48. The number of aryl methyl sites for hydroxylation is 2. The molecule has 1 aliphatic rings. The van der Waals surface area contributed by atoms with Gasteiger partial charge in [-0.3, -0.25) is 24.0 Å². The number of aromatic amines is 1. The molecule has 0 radical (unpaired) electrons. The van der Waals surface area contributed by atoms with E-state index >= 15 is 0 Å². The highest BCUT2D eigenvalue weighted by Gasteiger charge is 2.33. The Hall–Kier alpha value is -5.60. The summed E-state index contributed by atoms with van der Waals surface area (Å²) in [7, 11) is 0. The zero-order chi connectivity index (χ0) is 34.2. The van der Waals surface area contributed by atoms with Crippen LogP contribution in [0, 0.1) is 6.92 Å². The summed E-state index contributed by atoms with van der Waals surface area (Å²) in [6.07, 6.45) is 2.08. The van der Waals surface area contributed by atoms with Crippen LogP contribution in [-0.4, -0.2) is 96.9 Å². The fourth-order valence-corrected chi connectivity index (χ4v) is 5.66. The Kier molecular flexibility index (Phi) is 10.8. The van der Waals surface area contributed by atoms with Gasteiger partial charge in [-0.2, -0.15) is 0 Å². The first-order valence-electron chi connectivity index (χ1n) is 15.9. The number of fused-ring (bicyclic) bond motifs is 1. The first kappa shape index (κ1) is 33.8. The predicted molar refractivity (Wildman–Crippen MR) is 175 cm³/mol. The van der Waals surface area contributed by atoms with Crippen LogP contribution in [0.4, 0.5) is 0 Å². The summed E-state index contributed by atoms with van der Waals surface area (Å²) in [5.74, 6) is -2.02. The Bertz CT molecular complexity index is 1770. The molecule has 0 bridgehead atoms. The quantitative estimate of drug-likeness (QED) is 0.185. The van der Waals surface area contributed by atoms with Crippen molar-refractivity contribution < 1.29 is 24.0 Å². The number of benzene rings is 2. The summed E-state index contributed by atoms with van der Waals surface area (Å²) in [4.78, 5) is 72.4. The Balaban J connectivity index is 1.43. The molecular weight excluding hydrogens is 616 g/mol. The minimum absolute atomic E-state index is 0.00450. The fourth-order valence-electron chi connectivity index (χ4n) is 5.66. The van der Waals surface area contributed by atoms with E-state index in [0.29, 0.717) is 5.82 Å². The summed E-state index contributed by atoms with van der Waals surface area (Å²) in [6.45, 7) is 4.99. The van der Waals surface area contributed by atoms with Crippen LogP contribution in [0.1, 0.15) is 37.2 Å². The van der Waals surface area contributed by atoms with Gasteiger partial charge in [-0.25, -0.2) is 4.68 Å². The normalized spacial score (nSPS) is 21.4. The topological polar surface area (TPSA) is 196 Å². The maximum absolute atomic E-state index is 13.8. The van der Waals surface area contributed by atoms with E-state index in [1.54, 1.807) is 20.0 Å². The predicted octanol–water partition coefficient (Wildman–Crippen LogP) is 0.160. The largest absolute Gasteiger partial charge is 0.361 e. The molecule has 0 saturated carbocycles. The minimum atomic E-state index is -1.08. The molecule has 0 spiro atoms. The lowest BCUT2D eigenvalue weighted by Crippen LogP contribution is -2.57. The maximum atomic E-state index is 13.8. The van der Waals surface area contributed by atoms with Crippen molar-refractivity contribution in [2.24, 2.45) is 0 Å².